The van der Waals surface area contributed by atoms with Crippen LogP contribution in [0.3, 0.4) is 0 Å². The van der Waals surface area contributed by atoms with Crippen LogP contribution in [-0.2, 0) is 6.42 Å². The minimum atomic E-state index is 0.296. The molecule has 0 saturated carbocycles. The average Bonchev–Trinajstić information content (AvgIpc) is 3.07. The molecule has 8 rings (SSSR count). The maximum absolute atomic E-state index is 2.50. The van der Waals surface area contributed by atoms with Crippen molar-refractivity contribution in [2.45, 2.75) is 19.8 Å². The fourth-order valence-corrected chi connectivity index (χ4v) is 7.83. The zero-order valence-electron chi connectivity index (χ0n) is 24.7. The molecule has 0 radical (unpaired) electrons. The Bertz CT molecular complexity index is 2050. The van der Waals surface area contributed by atoms with Crippen LogP contribution in [0, 0.1) is 23.7 Å². The summed E-state index contributed by atoms with van der Waals surface area (Å²) < 4.78 is 0. The predicted molar refractivity (Wildman–Crippen MR) is 183 cm³/mol. The number of allylic oxidation sites excluding steroid dienone is 12. The lowest BCUT2D eigenvalue weighted by molar-refractivity contribution is 0.611. The summed E-state index contributed by atoms with van der Waals surface area (Å²) in [7, 11) is 0. The van der Waals surface area contributed by atoms with E-state index in [2.05, 4.69) is 159 Å². The van der Waals surface area contributed by atoms with Gasteiger partial charge in [-0.25, -0.2) is 0 Å². The van der Waals surface area contributed by atoms with Gasteiger partial charge in [-0.3, -0.25) is 0 Å². The summed E-state index contributed by atoms with van der Waals surface area (Å²) in [6, 6.07) is 32.0. The van der Waals surface area contributed by atoms with Gasteiger partial charge in [-0.05, 0) is 72.7 Å². The van der Waals surface area contributed by atoms with Crippen molar-refractivity contribution in [1.29, 1.82) is 0 Å². The lowest BCUT2D eigenvalue weighted by Gasteiger charge is -2.37. The zero-order chi connectivity index (χ0) is 28.8. The van der Waals surface area contributed by atoms with E-state index in [0.29, 0.717) is 23.7 Å². The van der Waals surface area contributed by atoms with E-state index in [4.69, 9.17) is 0 Å². The Morgan fingerprint density at radius 3 is 2.00 bits per heavy atom. The zero-order valence-corrected chi connectivity index (χ0v) is 24.7. The Balaban J connectivity index is 1.34. The number of aryl methyl sites for hydroxylation is 1. The van der Waals surface area contributed by atoms with Gasteiger partial charge in [-0.2, -0.15) is 0 Å². The molecule has 0 N–H and O–H groups in total. The van der Waals surface area contributed by atoms with Crippen LogP contribution in [-0.4, -0.2) is 0 Å². The topological polar surface area (TPSA) is 0 Å². The molecule has 4 aromatic carbocycles. The minimum Gasteiger partial charge on any atom is -0.0767 e. The first-order valence-corrected chi connectivity index (χ1v) is 15.8. The molecule has 0 heteroatoms. The van der Waals surface area contributed by atoms with Crippen molar-refractivity contribution in [3.63, 3.8) is 0 Å². The molecule has 4 unspecified atom stereocenters. The van der Waals surface area contributed by atoms with E-state index in [0.717, 1.165) is 12.8 Å². The lowest BCUT2D eigenvalue weighted by atomic mass is 9.66. The summed E-state index contributed by atoms with van der Waals surface area (Å²) in [6.45, 7) is 2.29. The molecule has 0 amide bonds. The van der Waals surface area contributed by atoms with Crippen molar-refractivity contribution >= 4 is 21.9 Å². The largest absolute Gasteiger partial charge is 0.0767 e. The average molecular weight is 553 g/mol. The highest BCUT2D eigenvalue weighted by Gasteiger charge is 2.36. The van der Waals surface area contributed by atoms with Gasteiger partial charge in [-0.1, -0.05) is 159 Å². The van der Waals surface area contributed by atoms with E-state index < -0.39 is 0 Å². The molecule has 0 heterocycles. The molecule has 0 aromatic heterocycles. The van der Waals surface area contributed by atoms with Crippen molar-refractivity contribution in [2.24, 2.45) is 23.7 Å². The fraction of sp³-hybridized carbons (Fsp3) is 0.163. The van der Waals surface area contributed by atoms with Crippen LogP contribution >= 0.6 is 0 Å². The van der Waals surface area contributed by atoms with E-state index in [9.17, 15) is 0 Å². The predicted octanol–water partition coefficient (Wildman–Crippen LogP) is 9.04. The van der Waals surface area contributed by atoms with Crippen LogP contribution < -0.4 is 10.4 Å². The maximum Gasteiger partial charge on any atom is 0.0137 e. The molecule has 4 aliphatic rings. The number of fused-ring (bicyclic) bond motifs is 4. The first-order chi connectivity index (χ1) is 21.3. The SMILES string of the molecule is CCCc1cc(C2=c3ccccc3=C(C3=CC=CC4C=CC=CC34)C3C=CC=CC23)ccc1-c1ccc2ccccc2c1. The number of rotatable bonds is 5. The summed E-state index contributed by atoms with van der Waals surface area (Å²) in [5.41, 5.74) is 9.85. The quantitative estimate of drug-likeness (QED) is 0.232. The summed E-state index contributed by atoms with van der Waals surface area (Å²) in [4.78, 5) is 0. The van der Waals surface area contributed by atoms with E-state index in [1.807, 2.05) is 0 Å². The molecule has 43 heavy (non-hydrogen) atoms. The van der Waals surface area contributed by atoms with Gasteiger partial charge in [0.1, 0.15) is 0 Å². The molecular weight excluding hydrogens is 516 g/mol. The highest BCUT2D eigenvalue weighted by Crippen LogP contribution is 2.45. The molecule has 0 saturated heterocycles. The van der Waals surface area contributed by atoms with Crippen molar-refractivity contribution in [3.8, 4) is 11.1 Å². The summed E-state index contributed by atoms with van der Waals surface area (Å²) in [6.07, 6.45) is 27.7. The van der Waals surface area contributed by atoms with Crippen LogP contribution in [0.15, 0.2) is 157 Å². The molecule has 0 aliphatic heterocycles. The van der Waals surface area contributed by atoms with Crippen LogP contribution in [0.2, 0.25) is 0 Å². The highest BCUT2D eigenvalue weighted by molar-refractivity contribution is 5.89. The second-order valence-corrected chi connectivity index (χ2v) is 12.3. The van der Waals surface area contributed by atoms with Gasteiger partial charge in [0.2, 0.25) is 0 Å². The van der Waals surface area contributed by atoms with Gasteiger partial charge >= 0.3 is 0 Å². The molecule has 4 atom stereocenters. The first kappa shape index (κ1) is 26.0. The normalized spacial score (nSPS) is 23.2. The Hall–Kier alpha value is -4.68. The summed E-state index contributed by atoms with van der Waals surface area (Å²) in [5, 5.41) is 5.35. The molecular formula is C43H36. The second-order valence-electron chi connectivity index (χ2n) is 12.3. The fourth-order valence-electron chi connectivity index (χ4n) is 7.83. The van der Waals surface area contributed by atoms with Crippen molar-refractivity contribution in [3.05, 3.63) is 179 Å². The molecule has 0 spiro atoms. The number of hydrogen-bond acceptors (Lipinski definition) is 0. The van der Waals surface area contributed by atoms with Crippen LogP contribution in [0.4, 0.5) is 0 Å². The molecule has 0 fully saturated rings. The number of benzene rings is 4. The Morgan fingerprint density at radius 1 is 0.535 bits per heavy atom. The molecule has 4 aliphatic carbocycles. The third-order valence-electron chi connectivity index (χ3n) is 9.76. The standard InChI is InChI=1S/C43H36/c1-2-12-32-28-34(25-26-35(32)33-24-23-29-13-3-4-15-31(29)27-33)42-38-18-7-9-20-40(38)43(41-21-10-8-19-39(41)42)37-22-11-16-30-14-5-6-17-36(30)37/h3-11,13-28,30,36,38,40H,2,12H2,1H3. The number of hydrogen-bond donors (Lipinski definition) is 0. The third kappa shape index (κ3) is 4.45. The molecule has 0 bridgehead atoms. The van der Waals surface area contributed by atoms with Crippen LogP contribution in [0.5, 0.6) is 0 Å². The van der Waals surface area contributed by atoms with Gasteiger partial charge < -0.3 is 0 Å². The van der Waals surface area contributed by atoms with Crippen molar-refractivity contribution in [1.82, 2.24) is 0 Å². The molecule has 208 valence electrons. The van der Waals surface area contributed by atoms with Gasteiger partial charge in [0.05, 0.1) is 0 Å². The minimum absolute atomic E-state index is 0.296. The summed E-state index contributed by atoms with van der Waals surface area (Å²) in [5.74, 6) is 1.42. The van der Waals surface area contributed by atoms with Gasteiger partial charge in [0, 0.05) is 23.7 Å². The van der Waals surface area contributed by atoms with Crippen LogP contribution in [0.1, 0.15) is 24.5 Å². The van der Waals surface area contributed by atoms with Crippen LogP contribution in [0.25, 0.3) is 33.0 Å². The molecule has 0 nitrogen and oxygen atoms in total. The van der Waals surface area contributed by atoms with E-state index in [-0.39, 0.29) is 0 Å². The first-order valence-electron chi connectivity index (χ1n) is 15.8. The van der Waals surface area contributed by atoms with Crippen molar-refractivity contribution < 1.29 is 0 Å². The van der Waals surface area contributed by atoms with Gasteiger partial charge in [-0.15, -0.1) is 0 Å². The van der Waals surface area contributed by atoms with Gasteiger partial charge in [0.15, 0.2) is 0 Å². The van der Waals surface area contributed by atoms with Gasteiger partial charge in [0.25, 0.3) is 0 Å². The highest BCUT2D eigenvalue weighted by atomic mass is 14.4. The smallest absolute Gasteiger partial charge is 0.0137 e. The second kappa shape index (κ2) is 10.9. The van der Waals surface area contributed by atoms with E-state index in [1.165, 1.54) is 60.2 Å². The van der Waals surface area contributed by atoms with E-state index >= 15 is 0 Å². The van der Waals surface area contributed by atoms with Crippen molar-refractivity contribution in [2.75, 3.05) is 0 Å². The maximum atomic E-state index is 2.50. The molecule has 4 aromatic rings. The Labute approximate surface area is 254 Å². The summed E-state index contributed by atoms with van der Waals surface area (Å²) >= 11 is 0. The third-order valence-corrected chi connectivity index (χ3v) is 9.76. The Kier molecular flexibility index (Phi) is 6.56. The lowest BCUT2D eigenvalue weighted by Crippen LogP contribution is -2.41. The monoisotopic (exact) mass is 552 g/mol. The van der Waals surface area contributed by atoms with E-state index in [1.54, 1.807) is 0 Å². The Morgan fingerprint density at radius 2 is 1.19 bits per heavy atom.